The molecular formula is C14H16N2O4. The van der Waals surface area contributed by atoms with Crippen LogP contribution in [0.4, 0.5) is 4.79 Å². The Morgan fingerprint density at radius 2 is 1.75 bits per heavy atom. The van der Waals surface area contributed by atoms with E-state index >= 15 is 0 Å². The van der Waals surface area contributed by atoms with E-state index in [2.05, 4.69) is 0 Å². The van der Waals surface area contributed by atoms with E-state index in [0.29, 0.717) is 17.8 Å². The quantitative estimate of drug-likeness (QED) is 0.895. The van der Waals surface area contributed by atoms with Crippen LogP contribution < -0.4 is 4.84 Å². The van der Waals surface area contributed by atoms with Gasteiger partial charge in [0.15, 0.2) is 0 Å². The zero-order valence-electron chi connectivity index (χ0n) is 11.1. The van der Waals surface area contributed by atoms with Crippen molar-refractivity contribution in [3.8, 4) is 11.8 Å². The number of benzene rings is 1. The Hall–Kier alpha value is -2.63. The molecule has 2 aromatic rings. The lowest BCUT2D eigenvalue weighted by Gasteiger charge is -2.20. The summed E-state index contributed by atoms with van der Waals surface area (Å²) in [5.74, 6) is -0.682. The predicted octanol–water partition coefficient (Wildman–Crippen LogP) is 1.97. The molecule has 0 fully saturated rings. The van der Waals surface area contributed by atoms with E-state index < -0.39 is 6.09 Å². The molecule has 20 heavy (non-hydrogen) atoms. The van der Waals surface area contributed by atoms with Crippen molar-refractivity contribution in [1.29, 1.82) is 0 Å². The third-order valence-electron chi connectivity index (χ3n) is 2.82. The molecule has 1 heterocycles. The third kappa shape index (κ3) is 3.03. The van der Waals surface area contributed by atoms with Crippen LogP contribution in [0.3, 0.4) is 0 Å². The van der Waals surface area contributed by atoms with Crippen LogP contribution in [-0.4, -0.2) is 32.5 Å². The minimum absolute atomic E-state index is 0.341. The van der Waals surface area contributed by atoms with Crippen LogP contribution in [0.15, 0.2) is 42.5 Å². The number of hydrogen-bond acceptors (Lipinski definition) is 4. The normalized spacial score (nSPS) is 10.2. The van der Waals surface area contributed by atoms with Gasteiger partial charge in [-0.15, -0.1) is 4.73 Å². The summed E-state index contributed by atoms with van der Waals surface area (Å²) in [6.07, 6.45) is -0.654. The fraction of sp³-hybridized carbons (Fsp3) is 0.214. The Morgan fingerprint density at radius 3 is 2.30 bits per heavy atom. The SMILES string of the molecule is CCN(Cc1ccccc1)C(=O)On1c(O)ccc1O. The highest BCUT2D eigenvalue weighted by Gasteiger charge is 2.18. The maximum atomic E-state index is 12.0. The first kappa shape index (κ1) is 13.8. The van der Waals surface area contributed by atoms with Gasteiger partial charge in [-0.05, 0) is 12.5 Å². The van der Waals surface area contributed by atoms with Gasteiger partial charge in [0.2, 0.25) is 11.8 Å². The topological polar surface area (TPSA) is 74.9 Å². The summed E-state index contributed by atoms with van der Waals surface area (Å²) in [4.78, 5) is 18.4. The number of amides is 1. The molecule has 2 N–H and O–H groups in total. The van der Waals surface area contributed by atoms with Crippen molar-refractivity contribution in [1.82, 2.24) is 9.63 Å². The molecular weight excluding hydrogens is 260 g/mol. The molecule has 0 spiro atoms. The summed E-state index contributed by atoms with van der Waals surface area (Å²) >= 11 is 0. The van der Waals surface area contributed by atoms with E-state index in [1.165, 1.54) is 17.0 Å². The third-order valence-corrected chi connectivity index (χ3v) is 2.82. The lowest BCUT2D eigenvalue weighted by Crippen LogP contribution is -2.36. The number of carbonyl (C=O) groups is 1. The van der Waals surface area contributed by atoms with Crippen LogP contribution in [0.1, 0.15) is 12.5 Å². The molecule has 0 saturated carbocycles. The monoisotopic (exact) mass is 276 g/mol. The first-order valence-corrected chi connectivity index (χ1v) is 6.22. The van der Waals surface area contributed by atoms with Gasteiger partial charge in [-0.3, -0.25) is 0 Å². The van der Waals surface area contributed by atoms with Gasteiger partial charge in [-0.25, -0.2) is 4.79 Å². The number of carbonyl (C=O) groups excluding carboxylic acids is 1. The van der Waals surface area contributed by atoms with Crippen molar-refractivity contribution < 1.29 is 19.8 Å². The van der Waals surface area contributed by atoms with E-state index in [1.54, 1.807) is 0 Å². The van der Waals surface area contributed by atoms with Crippen molar-refractivity contribution in [2.45, 2.75) is 13.5 Å². The van der Waals surface area contributed by atoms with Crippen LogP contribution in [0, 0.1) is 0 Å². The molecule has 106 valence electrons. The number of aromatic hydroxyl groups is 2. The van der Waals surface area contributed by atoms with Crippen molar-refractivity contribution in [2.24, 2.45) is 0 Å². The molecule has 0 aliphatic carbocycles. The van der Waals surface area contributed by atoms with E-state index in [-0.39, 0.29) is 11.8 Å². The second-order valence-electron chi connectivity index (χ2n) is 4.20. The van der Waals surface area contributed by atoms with Gasteiger partial charge in [0.05, 0.1) is 0 Å². The number of aromatic nitrogens is 1. The molecule has 0 saturated heterocycles. The standard InChI is InChI=1S/C14H16N2O4/c1-2-15(10-11-6-4-3-5-7-11)14(19)20-16-12(17)8-9-13(16)18/h3-9,17-18H,2,10H2,1H3. The zero-order valence-corrected chi connectivity index (χ0v) is 11.1. The van der Waals surface area contributed by atoms with Crippen LogP contribution in [0.5, 0.6) is 11.8 Å². The smallest absolute Gasteiger partial charge is 0.435 e. The molecule has 1 aromatic heterocycles. The maximum absolute atomic E-state index is 12.0. The van der Waals surface area contributed by atoms with Crippen LogP contribution in [-0.2, 0) is 6.54 Å². The highest BCUT2D eigenvalue weighted by Crippen LogP contribution is 2.19. The van der Waals surface area contributed by atoms with Crippen LogP contribution in [0.25, 0.3) is 0 Å². The Labute approximate surface area is 116 Å². The highest BCUT2D eigenvalue weighted by molar-refractivity contribution is 5.68. The second-order valence-corrected chi connectivity index (χ2v) is 4.20. The lowest BCUT2D eigenvalue weighted by molar-refractivity contribution is 0.0739. The van der Waals surface area contributed by atoms with Crippen LogP contribution >= 0.6 is 0 Å². The minimum atomic E-state index is -0.654. The average Bonchev–Trinajstić information content (AvgIpc) is 2.77. The Balaban J connectivity index is 2.06. The lowest BCUT2D eigenvalue weighted by atomic mass is 10.2. The summed E-state index contributed by atoms with van der Waals surface area (Å²) in [6, 6.07) is 11.9. The Bertz CT molecular complexity index is 561. The van der Waals surface area contributed by atoms with Crippen LogP contribution in [0.2, 0.25) is 0 Å². The molecule has 1 amide bonds. The molecule has 1 aromatic carbocycles. The summed E-state index contributed by atoms with van der Waals surface area (Å²) in [5.41, 5.74) is 0.965. The summed E-state index contributed by atoms with van der Waals surface area (Å²) in [6.45, 7) is 2.65. The maximum Gasteiger partial charge on any atom is 0.435 e. The Morgan fingerprint density at radius 1 is 1.15 bits per heavy atom. The first-order valence-electron chi connectivity index (χ1n) is 6.22. The Kier molecular flexibility index (Phi) is 4.14. The van der Waals surface area contributed by atoms with Crippen molar-refractivity contribution in [3.63, 3.8) is 0 Å². The fourth-order valence-corrected chi connectivity index (χ4v) is 1.74. The summed E-state index contributed by atoms with van der Waals surface area (Å²) < 4.78 is 0.677. The van der Waals surface area contributed by atoms with Crippen molar-refractivity contribution >= 4 is 6.09 Å². The van der Waals surface area contributed by atoms with E-state index in [1.807, 2.05) is 37.3 Å². The summed E-state index contributed by atoms with van der Waals surface area (Å²) in [7, 11) is 0. The van der Waals surface area contributed by atoms with E-state index in [4.69, 9.17) is 4.84 Å². The first-order chi connectivity index (χ1) is 9.61. The summed E-state index contributed by atoms with van der Waals surface area (Å²) in [5, 5.41) is 18.9. The largest absolute Gasteiger partial charge is 0.492 e. The molecule has 6 heteroatoms. The van der Waals surface area contributed by atoms with Gasteiger partial charge in [0.1, 0.15) is 0 Å². The molecule has 0 atom stereocenters. The van der Waals surface area contributed by atoms with Gasteiger partial charge in [-0.2, -0.15) is 0 Å². The van der Waals surface area contributed by atoms with E-state index in [0.717, 1.165) is 5.56 Å². The van der Waals surface area contributed by atoms with Crippen molar-refractivity contribution in [3.05, 3.63) is 48.0 Å². The molecule has 2 rings (SSSR count). The minimum Gasteiger partial charge on any atom is -0.492 e. The number of rotatable bonds is 4. The molecule has 0 bridgehead atoms. The highest BCUT2D eigenvalue weighted by atomic mass is 16.7. The molecule has 0 unspecified atom stereocenters. The van der Waals surface area contributed by atoms with Gasteiger partial charge < -0.3 is 20.0 Å². The number of nitrogens with zero attached hydrogens (tertiary/aromatic N) is 2. The van der Waals surface area contributed by atoms with Crippen molar-refractivity contribution in [2.75, 3.05) is 6.54 Å². The number of hydrogen-bond donors (Lipinski definition) is 2. The molecule has 0 radical (unpaired) electrons. The zero-order chi connectivity index (χ0) is 14.5. The average molecular weight is 276 g/mol. The van der Waals surface area contributed by atoms with Gasteiger partial charge in [-0.1, -0.05) is 30.3 Å². The predicted molar refractivity (Wildman–Crippen MR) is 72.3 cm³/mol. The second kappa shape index (κ2) is 6.01. The van der Waals surface area contributed by atoms with Gasteiger partial charge >= 0.3 is 6.09 Å². The fourth-order valence-electron chi connectivity index (χ4n) is 1.74. The van der Waals surface area contributed by atoms with Gasteiger partial charge in [0.25, 0.3) is 0 Å². The molecule has 0 aliphatic heterocycles. The molecule has 0 aliphatic rings. The molecule has 6 nitrogen and oxygen atoms in total. The van der Waals surface area contributed by atoms with E-state index in [9.17, 15) is 15.0 Å². The van der Waals surface area contributed by atoms with Gasteiger partial charge in [0, 0.05) is 25.2 Å².